The second kappa shape index (κ2) is 4.76. The lowest BCUT2D eigenvalue weighted by atomic mass is 10.3. The summed E-state index contributed by atoms with van der Waals surface area (Å²) in [7, 11) is 0. The van der Waals surface area contributed by atoms with E-state index >= 15 is 0 Å². The fourth-order valence-electron chi connectivity index (χ4n) is 1.54. The summed E-state index contributed by atoms with van der Waals surface area (Å²) in [5, 5.41) is 8.57. The number of thiazole rings is 1. The average molecular weight is 325 g/mol. The second-order valence-corrected chi connectivity index (χ2v) is 6.34. The largest absolute Gasteiger partial charge is 0.357 e. The Kier molecular flexibility index (Phi) is 3.13. The molecule has 0 saturated heterocycles. The van der Waals surface area contributed by atoms with Crippen LogP contribution in [0.1, 0.15) is 5.56 Å². The van der Waals surface area contributed by atoms with Gasteiger partial charge in [0.25, 0.3) is 0 Å². The van der Waals surface area contributed by atoms with Gasteiger partial charge in [0.05, 0.1) is 10.2 Å². The van der Waals surface area contributed by atoms with Crippen molar-refractivity contribution in [2.75, 3.05) is 5.32 Å². The lowest BCUT2D eigenvalue weighted by Gasteiger charge is -1.98. The van der Waals surface area contributed by atoms with Gasteiger partial charge in [0.15, 0.2) is 5.13 Å². The minimum absolute atomic E-state index is 0.838. The maximum absolute atomic E-state index is 4.54. The third-order valence-electron chi connectivity index (χ3n) is 2.37. The summed E-state index contributed by atoms with van der Waals surface area (Å²) >= 11 is 6.87. The predicted molar refractivity (Wildman–Crippen MR) is 79.0 cm³/mol. The van der Waals surface area contributed by atoms with Crippen molar-refractivity contribution in [2.45, 2.75) is 6.54 Å². The molecule has 0 aliphatic carbocycles. The fourth-order valence-corrected chi connectivity index (χ4v) is 3.63. The van der Waals surface area contributed by atoms with Crippen LogP contribution in [0.15, 0.2) is 39.5 Å². The van der Waals surface area contributed by atoms with Crippen molar-refractivity contribution >= 4 is 54.0 Å². The van der Waals surface area contributed by atoms with Gasteiger partial charge in [-0.05, 0) is 40.6 Å². The van der Waals surface area contributed by atoms with Gasteiger partial charge in [-0.1, -0.05) is 27.3 Å². The quantitative estimate of drug-likeness (QED) is 0.753. The Bertz CT molecular complexity index is 631. The molecular formula is C12H9BrN2S2. The first-order valence-corrected chi connectivity index (χ1v) is 7.67. The van der Waals surface area contributed by atoms with Crippen molar-refractivity contribution in [3.63, 3.8) is 0 Å². The Morgan fingerprint density at radius 2 is 2.24 bits per heavy atom. The molecule has 17 heavy (non-hydrogen) atoms. The summed E-state index contributed by atoms with van der Waals surface area (Å²) in [6, 6.07) is 8.28. The normalized spacial score (nSPS) is 10.9. The van der Waals surface area contributed by atoms with E-state index in [0.717, 1.165) is 21.7 Å². The molecule has 2 nitrogen and oxygen atoms in total. The van der Waals surface area contributed by atoms with Crippen LogP contribution in [0.4, 0.5) is 5.13 Å². The molecule has 0 fully saturated rings. The molecule has 0 saturated carbocycles. The van der Waals surface area contributed by atoms with Gasteiger partial charge in [-0.25, -0.2) is 4.98 Å². The molecule has 5 heteroatoms. The molecule has 0 bridgehead atoms. The van der Waals surface area contributed by atoms with Gasteiger partial charge in [-0.2, -0.15) is 11.3 Å². The molecule has 0 radical (unpaired) electrons. The minimum Gasteiger partial charge on any atom is -0.357 e. The number of benzene rings is 1. The Labute approximate surface area is 115 Å². The van der Waals surface area contributed by atoms with Crippen molar-refractivity contribution < 1.29 is 0 Å². The Morgan fingerprint density at radius 3 is 3.06 bits per heavy atom. The van der Waals surface area contributed by atoms with E-state index in [2.05, 4.69) is 49.1 Å². The van der Waals surface area contributed by atoms with Gasteiger partial charge in [-0.15, -0.1) is 0 Å². The first kappa shape index (κ1) is 11.2. The molecule has 86 valence electrons. The first-order valence-electron chi connectivity index (χ1n) is 5.12. The molecule has 1 aromatic carbocycles. The zero-order chi connectivity index (χ0) is 11.7. The molecule has 0 amide bonds. The van der Waals surface area contributed by atoms with Crippen LogP contribution in [0.5, 0.6) is 0 Å². The van der Waals surface area contributed by atoms with Crippen LogP contribution >= 0.6 is 38.6 Å². The molecule has 2 aromatic heterocycles. The van der Waals surface area contributed by atoms with Gasteiger partial charge >= 0.3 is 0 Å². The zero-order valence-corrected chi connectivity index (χ0v) is 12.0. The number of hydrogen-bond donors (Lipinski definition) is 1. The van der Waals surface area contributed by atoms with Crippen molar-refractivity contribution in [3.8, 4) is 0 Å². The van der Waals surface area contributed by atoms with Crippen LogP contribution in [0.2, 0.25) is 0 Å². The molecule has 2 heterocycles. The molecule has 0 atom stereocenters. The van der Waals surface area contributed by atoms with E-state index < -0.39 is 0 Å². The third-order valence-corrected chi connectivity index (χ3v) is 4.58. The molecule has 3 rings (SSSR count). The summed E-state index contributed by atoms with van der Waals surface area (Å²) in [4.78, 5) is 4.54. The number of anilines is 1. The molecule has 0 unspecified atom stereocenters. The van der Waals surface area contributed by atoms with Crippen molar-refractivity contribution in [1.82, 2.24) is 4.98 Å². The van der Waals surface area contributed by atoms with Crippen LogP contribution in [0.25, 0.3) is 10.2 Å². The Morgan fingerprint density at radius 1 is 1.29 bits per heavy atom. The van der Waals surface area contributed by atoms with Crippen LogP contribution in [-0.4, -0.2) is 4.98 Å². The molecule has 0 aliphatic heterocycles. The number of hydrogen-bond acceptors (Lipinski definition) is 4. The van der Waals surface area contributed by atoms with E-state index in [1.165, 1.54) is 10.3 Å². The van der Waals surface area contributed by atoms with E-state index in [0.29, 0.717) is 0 Å². The molecule has 0 spiro atoms. The molecule has 3 aromatic rings. The summed E-state index contributed by atoms with van der Waals surface area (Å²) < 4.78 is 2.30. The summed E-state index contributed by atoms with van der Waals surface area (Å²) in [6.07, 6.45) is 0. The average Bonchev–Trinajstić information content (AvgIpc) is 2.94. The van der Waals surface area contributed by atoms with Crippen LogP contribution < -0.4 is 5.32 Å². The molecular weight excluding hydrogens is 316 g/mol. The smallest absolute Gasteiger partial charge is 0.184 e. The highest BCUT2D eigenvalue weighted by atomic mass is 79.9. The highest BCUT2D eigenvalue weighted by molar-refractivity contribution is 9.10. The molecule has 0 aliphatic rings. The number of fused-ring (bicyclic) bond motifs is 1. The topological polar surface area (TPSA) is 24.9 Å². The number of thiophene rings is 1. The number of nitrogens with one attached hydrogen (secondary N) is 1. The lowest BCUT2D eigenvalue weighted by molar-refractivity contribution is 1.15. The number of halogens is 1. The fraction of sp³-hybridized carbons (Fsp3) is 0.0833. The molecule has 1 N–H and O–H groups in total. The van der Waals surface area contributed by atoms with Gasteiger partial charge in [-0.3, -0.25) is 0 Å². The maximum Gasteiger partial charge on any atom is 0.184 e. The Hall–Kier alpha value is -0.910. The van der Waals surface area contributed by atoms with Crippen molar-refractivity contribution in [1.29, 1.82) is 0 Å². The SMILES string of the molecule is Brc1ccc2nc(NCc3ccsc3)sc2c1. The summed E-state index contributed by atoms with van der Waals surface area (Å²) in [6.45, 7) is 0.838. The van der Waals surface area contributed by atoms with Gasteiger partial charge in [0, 0.05) is 11.0 Å². The van der Waals surface area contributed by atoms with Crippen molar-refractivity contribution in [3.05, 3.63) is 45.1 Å². The van der Waals surface area contributed by atoms with Gasteiger partial charge in [0.1, 0.15) is 0 Å². The second-order valence-electron chi connectivity index (χ2n) is 3.62. The van der Waals surface area contributed by atoms with E-state index in [1.807, 2.05) is 12.1 Å². The van der Waals surface area contributed by atoms with Crippen molar-refractivity contribution in [2.24, 2.45) is 0 Å². The first-order chi connectivity index (χ1) is 8.31. The maximum atomic E-state index is 4.54. The van der Waals surface area contributed by atoms with E-state index in [9.17, 15) is 0 Å². The summed E-state index contributed by atoms with van der Waals surface area (Å²) in [5.41, 5.74) is 2.35. The van der Waals surface area contributed by atoms with Crippen LogP contribution in [0, 0.1) is 0 Å². The predicted octanol–water partition coefficient (Wildman–Crippen LogP) is 4.73. The lowest BCUT2D eigenvalue weighted by Crippen LogP contribution is -1.96. The highest BCUT2D eigenvalue weighted by Gasteiger charge is 2.03. The van der Waals surface area contributed by atoms with Crippen LogP contribution in [0.3, 0.4) is 0 Å². The number of rotatable bonds is 3. The van der Waals surface area contributed by atoms with E-state index in [4.69, 9.17) is 0 Å². The van der Waals surface area contributed by atoms with Gasteiger partial charge < -0.3 is 5.32 Å². The number of nitrogens with zero attached hydrogens (tertiary/aromatic N) is 1. The summed E-state index contributed by atoms with van der Waals surface area (Å²) in [5.74, 6) is 0. The van der Waals surface area contributed by atoms with Gasteiger partial charge in [0.2, 0.25) is 0 Å². The van der Waals surface area contributed by atoms with E-state index in [-0.39, 0.29) is 0 Å². The minimum atomic E-state index is 0.838. The standard InChI is InChI=1S/C12H9BrN2S2/c13-9-1-2-10-11(5-9)17-12(15-10)14-6-8-3-4-16-7-8/h1-5,7H,6H2,(H,14,15). The zero-order valence-electron chi connectivity index (χ0n) is 8.81. The number of aromatic nitrogens is 1. The monoisotopic (exact) mass is 324 g/mol. The highest BCUT2D eigenvalue weighted by Crippen LogP contribution is 2.28. The third kappa shape index (κ3) is 2.51. The Balaban J connectivity index is 1.81. The van der Waals surface area contributed by atoms with Crippen LogP contribution in [-0.2, 0) is 6.54 Å². The van der Waals surface area contributed by atoms with E-state index in [1.54, 1.807) is 22.7 Å².